The lowest BCUT2D eigenvalue weighted by molar-refractivity contribution is 0.0946. The lowest BCUT2D eigenvalue weighted by atomic mass is 10.00. The molecule has 0 fully saturated rings. The molecule has 2 aromatic heterocycles. The number of carbonyl (C=O) groups excluding carboxylic acids is 1. The van der Waals surface area contributed by atoms with Gasteiger partial charge in [-0.15, -0.1) is 0 Å². The number of imidazole rings is 2. The zero-order valence-corrected chi connectivity index (χ0v) is 12.2. The van der Waals surface area contributed by atoms with Crippen molar-refractivity contribution in [3.63, 3.8) is 0 Å². The number of nitrogens with zero attached hydrogens (tertiary/aromatic N) is 4. The first-order valence-corrected chi connectivity index (χ1v) is 7.16. The number of rotatable bonds is 2. The summed E-state index contributed by atoms with van der Waals surface area (Å²) in [7, 11) is 1.93. The zero-order chi connectivity index (χ0) is 15.1. The maximum atomic E-state index is 12.0. The standard InChI is InChI=1S/C16H15N5O/c1-20-8-6-17-14(20)15-18-7-9-21(15)12-3-2-11-4-5-19-16(22)13(11)10-12/h2-3,6-10H,4-5H2,1H3,(H,19,22). The van der Waals surface area contributed by atoms with E-state index in [2.05, 4.69) is 15.3 Å². The van der Waals surface area contributed by atoms with Crippen LogP contribution in [-0.2, 0) is 13.5 Å². The van der Waals surface area contributed by atoms with Crippen LogP contribution in [-0.4, -0.2) is 31.6 Å². The summed E-state index contributed by atoms with van der Waals surface area (Å²) in [4.78, 5) is 20.8. The normalized spacial score (nSPS) is 13.8. The number of benzene rings is 1. The Kier molecular flexibility index (Phi) is 2.82. The predicted molar refractivity (Wildman–Crippen MR) is 81.8 cm³/mol. The molecule has 0 spiro atoms. The highest BCUT2D eigenvalue weighted by atomic mass is 16.1. The lowest BCUT2D eigenvalue weighted by Crippen LogP contribution is -2.31. The molecule has 0 saturated heterocycles. The van der Waals surface area contributed by atoms with E-state index in [1.165, 1.54) is 0 Å². The smallest absolute Gasteiger partial charge is 0.251 e. The van der Waals surface area contributed by atoms with Gasteiger partial charge in [0.2, 0.25) is 0 Å². The summed E-state index contributed by atoms with van der Waals surface area (Å²) in [6.07, 6.45) is 8.12. The van der Waals surface area contributed by atoms with E-state index in [9.17, 15) is 4.79 Å². The first-order valence-electron chi connectivity index (χ1n) is 7.16. The summed E-state index contributed by atoms with van der Waals surface area (Å²) in [6, 6.07) is 5.95. The van der Waals surface area contributed by atoms with Crippen LogP contribution in [0, 0.1) is 0 Å². The van der Waals surface area contributed by atoms with Gasteiger partial charge in [0.15, 0.2) is 11.6 Å². The Morgan fingerprint density at radius 1 is 1.14 bits per heavy atom. The number of amides is 1. The summed E-state index contributed by atoms with van der Waals surface area (Å²) < 4.78 is 3.87. The van der Waals surface area contributed by atoms with Crippen molar-refractivity contribution in [2.45, 2.75) is 6.42 Å². The second-order valence-corrected chi connectivity index (χ2v) is 5.33. The molecule has 1 aromatic carbocycles. The summed E-state index contributed by atoms with van der Waals surface area (Å²) in [5, 5.41) is 2.88. The Labute approximate surface area is 127 Å². The minimum absolute atomic E-state index is 0.0123. The number of fused-ring (bicyclic) bond motifs is 1. The van der Waals surface area contributed by atoms with Crippen molar-refractivity contribution >= 4 is 5.91 Å². The van der Waals surface area contributed by atoms with Crippen LogP contribution in [0.25, 0.3) is 17.3 Å². The number of hydrogen-bond donors (Lipinski definition) is 1. The first kappa shape index (κ1) is 12.8. The van der Waals surface area contributed by atoms with E-state index < -0.39 is 0 Å². The van der Waals surface area contributed by atoms with E-state index in [1.54, 1.807) is 12.4 Å². The molecule has 1 amide bonds. The zero-order valence-electron chi connectivity index (χ0n) is 12.2. The first-order chi connectivity index (χ1) is 10.7. The quantitative estimate of drug-likeness (QED) is 0.780. The van der Waals surface area contributed by atoms with Gasteiger partial charge in [-0.1, -0.05) is 6.07 Å². The highest BCUT2D eigenvalue weighted by molar-refractivity contribution is 5.97. The molecule has 110 valence electrons. The average molecular weight is 293 g/mol. The van der Waals surface area contributed by atoms with E-state index in [-0.39, 0.29) is 5.91 Å². The van der Waals surface area contributed by atoms with Crippen molar-refractivity contribution in [3.8, 4) is 17.3 Å². The third kappa shape index (κ3) is 1.92. The maximum Gasteiger partial charge on any atom is 0.251 e. The molecule has 6 nitrogen and oxygen atoms in total. The van der Waals surface area contributed by atoms with Crippen LogP contribution < -0.4 is 5.32 Å². The molecule has 0 bridgehead atoms. The van der Waals surface area contributed by atoms with E-state index in [0.29, 0.717) is 6.54 Å². The van der Waals surface area contributed by atoms with Crippen molar-refractivity contribution < 1.29 is 4.79 Å². The molecule has 6 heteroatoms. The molecular weight excluding hydrogens is 278 g/mol. The van der Waals surface area contributed by atoms with E-state index >= 15 is 0 Å². The van der Waals surface area contributed by atoms with Gasteiger partial charge in [-0.2, -0.15) is 0 Å². The molecule has 3 heterocycles. The summed E-state index contributed by atoms with van der Waals surface area (Å²) in [5.74, 6) is 1.53. The number of hydrogen-bond acceptors (Lipinski definition) is 3. The summed E-state index contributed by atoms with van der Waals surface area (Å²) in [5.41, 5.74) is 2.74. The molecule has 1 aliphatic rings. The van der Waals surface area contributed by atoms with Gasteiger partial charge >= 0.3 is 0 Å². The molecule has 4 rings (SSSR count). The minimum atomic E-state index is -0.0123. The van der Waals surface area contributed by atoms with Crippen molar-refractivity contribution in [1.82, 2.24) is 24.4 Å². The van der Waals surface area contributed by atoms with Gasteiger partial charge in [-0.05, 0) is 24.1 Å². The Morgan fingerprint density at radius 3 is 2.77 bits per heavy atom. The number of nitrogens with one attached hydrogen (secondary N) is 1. The van der Waals surface area contributed by atoms with Crippen LogP contribution in [0.4, 0.5) is 0 Å². The summed E-state index contributed by atoms with van der Waals surface area (Å²) in [6.45, 7) is 0.703. The maximum absolute atomic E-state index is 12.0. The third-order valence-corrected chi connectivity index (χ3v) is 3.96. The van der Waals surface area contributed by atoms with E-state index in [0.717, 1.165) is 34.9 Å². The monoisotopic (exact) mass is 293 g/mol. The van der Waals surface area contributed by atoms with Crippen molar-refractivity contribution in [2.75, 3.05) is 6.54 Å². The molecule has 0 saturated carbocycles. The Hall–Kier alpha value is -2.89. The molecule has 1 N–H and O–H groups in total. The van der Waals surface area contributed by atoms with Crippen molar-refractivity contribution in [1.29, 1.82) is 0 Å². The predicted octanol–water partition coefficient (Wildman–Crippen LogP) is 1.56. The van der Waals surface area contributed by atoms with Crippen LogP contribution in [0.1, 0.15) is 15.9 Å². The molecule has 0 aliphatic carbocycles. The van der Waals surface area contributed by atoms with Crippen LogP contribution >= 0.6 is 0 Å². The van der Waals surface area contributed by atoms with Gasteiger partial charge in [0.25, 0.3) is 5.91 Å². The van der Waals surface area contributed by atoms with Gasteiger partial charge in [0.1, 0.15) is 0 Å². The highest BCUT2D eigenvalue weighted by Crippen LogP contribution is 2.23. The number of carbonyl (C=O) groups is 1. The van der Waals surface area contributed by atoms with Crippen molar-refractivity contribution in [3.05, 3.63) is 54.1 Å². The summed E-state index contributed by atoms with van der Waals surface area (Å²) >= 11 is 0. The SMILES string of the molecule is Cn1ccnc1-c1nccn1-c1ccc2c(c1)C(=O)NCC2. The van der Waals surface area contributed by atoms with Crippen LogP contribution in [0.3, 0.4) is 0 Å². The van der Waals surface area contributed by atoms with Gasteiger partial charge < -0.3 is 9.88 Å². The van der Waals surface area contributed by atoms with Crippen LogP contribution in [0.2, 0.25) is 0 Å². The van der Waals surface area contributed by atoms with Crippen LogP contribution in [0.5, 0.6) is 0 Å². The molecule has 0 atom stereocenters. The molecule has 0 radical (unpaired) electrons. The largest absolute Gasteiger partial charge is 0.352 e. The topological polar surface area (TPSA) is 64.7 Å². The second kappa shape index (κ2) is 4.84. The Bertz CT molecular complexity index is 861. The van der Waals surface area contributed by atoms with Crippen LogP contribution in [0.15, 0.2) is 43.0 Å². The molecule has 22 heavy (non-hydrogen) atoms. The Morgan fingerprint density at radius 2 is 1.95 bits per heavy atom. The van der Waals surface area contributed by atoms with Gasteiger partial charge in [0, 0.05) is 49.6 Å². The minimum Gasteiger partial charge on any atom is -0.352 e. The second-order valence-electron chi connectivity index (χ2n) is 5.33. The highest BCUT2D eigenvalue weighted by Gasteiger charge is 2.18. The molecule has 1 aliphatic heterocycles. The van der Waals surface area contributed by atoms with Gasteiger partial charge in [-0.3, -0.25) is 9.36 Å². The van der Waals surface area contributed by atoms with E-state index in [4.69, 9.17) is 0 Å². The fraction of sp³-hybridized carbons (Fsp3) is 0.188. The fourth-order valence-electron chi connectivity index (χ4n) is 2.81. The Balaban J connectivity index is 1.84. The van der Waals surface area contributed by atoms with Gasteiger partial charge in [0.05, 0.1) is 0 Å². The molecule has 3 aromatic rings. The fourth-order valence-corrected chi connectivity index (χ4v) is 2.81. The van der Waals surface area contributed by atoms with Gasteiger partial charge in [-0.25, -0.2) is 9.97 Å². The lowest BCUT2D eigenvalue weighted by Gasteiger charge is -2.18. The molecular formula is C16H15N5O. The number of aryl methyl sites for hydroxylation is 1. The van der Waals surface area contributed by atoms with Crippen molar-refractivity contribution in [2.24, 2.45) is 7.05 Å². The average Bonchev–Trinajstić information content (AvgIpc) is 3.15. The third-order valence-electron chi connectivity index (χ3n) is 3.96. The number of aromatic nitrogens is 4. The molecule has 0 unspecified atom stereocenters. The van der Waals surface area contributed by atoms with E-state index in [1.807, 2.05) is 46.8 Å².